The molecule has 0 aliphatic heterocycles. The number of halogens is 4. The lowest BCUT2D eigenvalue weighted by Gasteiger charge is -2.06. The van der Waals surface area contributed by atoms with Crippen LogP contribution in [0, 0.1) is 17.5 Å². The summed E-state index contributed by atoms with van der Waals surface area (Å²) in [5.41, 5.74) is -0.329. The van der Waals surface area contributed by atoms with Crippen LogP contribution in [0.1, 0.15) is 6.92 Å². The van der Waals surface area contributed by atoms with Crippen molar-refractivity contribution < 1.29 is 17.9 Å². The first-order valence-corrected chi connectivity index (χ1v) is 5.58. The van der Waals surface area contributed by atoms with E-state index in [0.717, 1.165) is 0 Å². The molecule has 19 heavy (non-hydrogen) atoms. The summed E-state index contributed by atoms with van der Waals surface area (Å²) in [6, 6.07) is 0.927. The molecule has 1 heterocycles. The Bertz CT molecular complexity index is 624. The van der Waals surface area contributed by atoms with Crippen LogP contribution in [0.3, 0.4) is 0 Å². The van der Waals surface area contributed by atoms with Crippen LogP contribution in [0.15, 0.2) is 12.1 Å². The Labute approximate surface area is 111 Å². The summed E-state index contributed by atoms with van der Waals surface area (Å²) >= 11 is 5.63. The van der Waals surface area contributed by atoms with Gasteiger partial charge in [-0.25, -0.2) is 13.2 Å². The summed E-state index contributed by atoms with van der Waals surface area (Å²) in [6.45, 7) is 1.95. The number of rotatable bonds is 3. The summed E-state index contributed by atoms with van der Waals surface area (Å²) in [7, 11) is 0. The standard InChI is InChI=1S/C11H7ClF3N3O/c1-2-19-11-17-9(16-10(12)18-11)5-3-7(14)8(15)4-6(5)13/h3-4H,2H2,1H3. The van der Waals surface area contributed by atoms with E-state index in [4.69, 9.17) is 16.3 Å². The van der Waals surface area contributed by atoms with Crippen LogP contribution in [0.2, 0.25) is 5.28 Å². The van der Waals surface area contributed by atoms with Gasteiger partial charge in [-0.3, -0.25) is 0 Å². The van der Waals surface area contributed by atoms with Crippen LogP contribution in [0.5, 0.6) is 6.01 Å². The molecule has 0 aliphatic rings. The van der Waals surface area contributed by atoms with Crippen molar-refractivity contribution in [3.8, 4) is 17.4 Å². The molecule has 0 atom stereocenters. The van der Waals surface area contributed by atoms with Gasteiger partial charge < -0.3 is 4.74 Å². The average Bonchev–Trinajstić information content (AvgIpc) is 2.33. The fraction of sp³-hybridized carbons (Fsp3) is 0.182. The molecule has 0 spiro atoms. The quantitative estimate of drug-likeness (QED) is 0.815. The molecule has 2 aromatic rings. The molecule has 0 saturated heterocycles. The molecule has 100 valence electrons. The van der Waals surface area contributed by atoms with Crippen LogP contribution in [-0.4, -0.2) is 21.6 Å². The second kappa shape index (κ2) is 5.40. The van der Waals surface area contributed by atoms with Crippen molar-refractivity contribution in [1.82, 2.24) is 15.0 Å². The molecule has 4 nitrogen and oxygen atoms in total. The van der Waals surface area contributed by atoms with Gasteiger partial charge in [0.1, 0.15) is 5.82 Å². The molecule has 0 saturated carbocycles. The zero-order chi connectivity index (χ0) is 14.0. The molecule has 0 aliphatic carbocycles. The first kappa shape index (κ1) is 13.5. The second-order valence-corrected chi connectivity index (χ2v) is 3.73. The fourth-order valence-electron chi connectivity index (χ4n) is 1.34. The van der Waals surface area contributed by atoms with Gasteiger partial charge in [-0.05, 0) is 24.6 Å². The molecule has 0 bridgehead atoms. The number of nitrogens with zero attached hydrogens (tertiary/aromatic N) is 3. The molecule has 0 radical (unpaired) electrons. The first-order chi connectivity index (χ1) is 9.01. The van der Waals surface area contributed by atoms with Crippen molar-refractivity contribution in [1.29, 1.82) is 0 Å². The Morgan fingerprint density at radius 3 is 2.42 bits per heavy atom. The van der Waals surface area contributed by atoms with Crippen LogP contribution in [0.4, 0.5) is 13.2 Å². The van der Waals surface area contributed by atoms with Crippen molar-refractivity contribution in [2.24, 2.45) is 0 Å². The van der Waals surface area contributed by atoms with E-state index < -0.39 is 17.5 Å². The lowest BCUT2D eigenvalue weighted by Crippen LogP contribution is -2.02. The van der Waals surface area contributed by atoms with E-state index >= 15 is 0 Å². The van der Waals surface area contributed by atoms with Gasteiger partial charge in [0, 0.05) is 6.07 Å². The molecule has 2 rings (SSSR count). The summed E-state index contributed by atoms with van der Waals surface area (Å²) < 4.78 is 44.5. The number of ether oxygens (including phenoxy) is 1. The van der Waals surface area contributed by atoms with E-state index in [2.05, 4.69) is 15.0 Å². The molecule has 1 aromatic carbocycles. The maximum absolute atomic E-state index is 13.6. The first-order valence-electron chi connectivity index (χ1n) is 5.20. The van der Waals surface area contributed by atoms with Gasteiger partial charge in [-0.15, -0.1) is 0 Å². The number of aromatic nitrogens is 3. The highest BCUT2D eigenvalue weighted by atomic mass is 35.5. The van der Waals surface area contributed by atoms with Crippen LogP contribution in [0.25, 0.3) is 11.4 Å². The van der Waals surface area contributed by atoms with E-state index in [9.17, 15) is 13.2 Å². The monoisotopic (exact) mass is 289 g/mol. The minimum Gasteiger partial charge on any atom is -0.464 e. The third-order valence-electron chi connectivity index (χ3n) is 2.11. The zero-order valence-electron chi connectivity index (χ0n) is 9.62. The highest BCUT2D eigenvalue weighted by Crippen LogP contribution is 2.24. The van der Waals surface area contributed by atoms with E-state index in [1.165, 1.54) is 0 Å². The van der Waals surface area contributed by atoms with Crippen molar-refractivity contribution in [2.45, 2.75) is 6.92 Å². The van der Waals surface area contributed by atoms with Crippen LogP contribution >= 0.6 is 11.6 Å². The minimum atomic E-state index is -1.30. The minimum absolute atomic E-state index is 0.123. The van der Waals surface area contributed by atoms with Crippen molar-refractivity contribution in [3.63, 3.8) is 0 Å². The molecule has 0 fully saturated rings. The SMILES string of the molecule is CCOc1nc(Cl)nc(-c2cc(F)c(F)cc2F)n1. The van der Waals surface area contributed by atoms with E-state index in [1.54, 1.807) is 6.92 Å². The maximum Gasteiger partial charge on any atom is 0.321 e. The van der Waals surface area contributed by atoms with E-state index in [1.807, 2.05) is 0 Å². The van der Waals surface area contributed by atoms with Gasteiger partial charge in [0.2, 0.25) is 5.28 Å². The van der Waals surface area contributed by atoms with E-state index in [0.29, 0.717) is 12.1 Å². The van der Waals surface area contributed by atoms with E-state index in [-0.39, 0.29) is 29.3 Å². The van der Waals surface area contributed by atoms with Crippen molar-refractivity contribution in [3.05, 3.63) is 34.9 Å². The zero-order valence-corrected chi connectivity index (χ0v) is 10.4. The van der Waals surface area contributed by atoms with Gasteiger partial charge in [-0.2, -0.15) is 15.0 Å². The molecule has 1 aromatic heterocycles. The molecule has 0 amide bonds. The van der Waals surface area contributed by atoms with Gasteiger partial charge in [0.05, 0.1) is 12.2 Å². The van der Waals surface area contributed by atoms with Crippen LogP contribution < -0.4 is 4.74 Å². The lowest BCUT2D eigenvalue weighted by molar-refractivity contribution is 0.312. The third kappa shape index (κ3) is 2.93. The topological polar surface area (TPSA) is 47.9 Å². The Hall–Kier alpha value is -1.89. The van der Waals surface area contributed by atoms with Crippen molar-refractivity contribution >= 4 is 11.6 Å². The highest BCUT2D eigenvalue weighted by molar-refractivity contribution is 6.28. The Morgan fingerprint density at radius 1 is 1.05 bits per heavy atom. The molecule has 8 heteroatoms. The average molecular weight is 290 g/mol. The molecule has 0 unspecified atom stereocenters. The number of benzene rings is 1. The largest absolute Gasteiger partial charge is 0.464 e. The van der Waals surface area contributed by atoms with Crippen LogP contribution in [-0.2, 0) is 0 Å². The predicted octanol–water partition coefficient (Wildman–Crippen LogP) is 3.01. The summed E-state index contributed by atoms with van der Waals surface area (Å²) in [5, 5.41) is -0.238. The van der Waals surface area contributed by atoms with Gasteiger partial charge in [0.15, 0.2) is 17.5 Å². The van der Waals surface area contributed by atoms with Gasteiger partial charge >= 0.3 is 6.01 Å². The Balaban J connectivity index is 2.55. The second-order valence-electron chi connectivity index (χ2n) is 3.39. The Kier molecular flexibility index (Phi) is 3.84. The summed E-state index contributed by atoms with van der Waals surface area (Å²) in [6.07, 6.45) is 0. The number of hydrogen-bond donors (Lipinski definition) is 0. The summed E-state index contributed by atoms with van der Waals surface area (Å²) in [5.74, 6) is -3.76. The maximum atomic E-state index is 13.6. The summed E-state index contributed by atoms with van der Waals surface area (Å²) in [4.78, 5) is 11.1. The fourth-order valence-corrected chi connectivity index (χ4v) is 1.49. The van der Waals surface area contributed by atoms with Gasteiger partial charge in [0.25, 0.3) is 0 Å². The smallest absolute Gasteiger partial charge is 0.321 e. The lowest BCUT2D eigenvalue weighted by atomic mass is 10.2. The normalized spacial score (nSPS) is 10.6. The third-order valence-corrected chi connectivity index (χ3v) is 2.28. The van der Waals surface area contributed by atoms with Crippen molar-refractivity contribution in [2.75, 3.05) is 6.61 Å². The molecular weight excluding hydrogens is 283 g/mol. The number of hydrogen-bond acceptors (Lipinski definition) is 4. The predicted molar refractivity (Wildman–Crippen MR) is 61.3 cm³/mol. The molecule has 0 N–H and O–H groups in total. The Morgan fingerprint density at radius 2 is 1.74 bits per heavy atom. The van der Waals surface area contributed by atoms with Gasteiger partial charge in [-0.1, -0.05) is 0 Å². The molecular formula is C11H7ClF3N3O. The highest BCUT2D eigenvalue weighted by Gasteiger charge is 2.16.